The van der Waals surface area contributed by atoms with Crippen molar-refractivity contribution in [3.05, 3.63) is 279 Å². The van der Waals surface area contributed by atoms with Crippen molar-refractivity contribution in [3.63, 3.8) is 0 Å². The normalized spacial score (nSPS) is 11.8. The minimum Gasteiger partial charge on any atom is -0.309 e. The summed E-state index contributed by atoms with van der Waals surface area (Å²) in [6.45, 7) is 0. The van der Waals surface area contributed by atoms with Gasteiger partial charge in [-0.2, -0.15) is 0 Å². The zero-order chi connectivity index (χ0) is 50.3. The molecule has 0 unspecified atom stereocenters. The van der Waals surface area contributed by atoms with Gasteiger partial charge in [0.05, 0.1) is 56.0 Å². The van der Waals surface area contributed by atoms with Crippen LogP contribution in [0.1, 0.15) is 0 Å². The van der Waals surface area contributed by atoms with E-state index >= 15 is 0 Å². The Balaban J connectivity index is 0.671. The lowest BCUT2D eigenvalue weighted by atomic mass is 9.96. The molecule has 0 N–H and O–H groups in total. The fourth-order valence-electron chi connectivity index (χ4n) is 11.8. The van der Waals surface area contributed by atoms with Crippen molar-refractivity contribution in [2.45, 2.75) is 0 Å². The molecule has 0 atom stereocenters. The molecular weight excluding hydrogens is 1030 g/mol. The van der Waals surface area contributed by atoms with Crippen molar-refractivity contribution in [3.8, 4) is 78.1 Å². The molecule has 0 spiro atoms. The van der Waals surface area contributed by atoms with E-state index in [1.807, 2.05) is 0 Å². The van der Waals surface area contributed by atoms with E-state index in [9.17, 15) is 0 Å². The van der Waals surface area contributed by atoms with Crippen molar-refractivity contribution < 1.29 is 0 Å². The molecule has 0 saturated heterocycles. The van der Waals surface area contributed by atoms with E-state index in [0.717, 1.165) is 0 Å². The van der Waals surface area contributed by atoms with Gasteiger partial charge < -0.3 is 9.13 Å². The minimum atomic E-state index is 1.17. The fourth-order valence-corrected chi connectivity index (χ4v) is 12.6. The molecule has 15 aromatic rings. The smallest absolute Gasteiger partial charge is 0.0646 e. The topological polar surface area (TPSA) is 14.8 Å². The predicted octanol–water partition coefficient (Wildman–Crippen LogP) is 20.2. The van der Waals surface area contributed by atoms with Gasteiger partial charge in [-0.15, -0.1) is 0 Å². The molecule has 0 saturated carbocycles. The Kier molecular flexibility index (Phi) is 10.5. The number of fused-ring (bicyclic) bond motifs is 9. The monoisotopic (exact) mass is 1080 g/mol. The maximum atomic E-state index is 2.45. The predicted molar refractivity (Wildman–Crippen MR) is 330 cm³/mol. The van der Waals surface area contributed by atoms with Gasteiger partial charge in [-0.25, -0.2) is 0 Å². The van der Waals surface area contributed by atoms with Crippen LogP contribution in [0, 0.1) is 0 Å². The molecule has 0 radical (unpaired) electrons. The zero-order valence-electron chi connectivity index (χ0n) is 41.3. The minimum absolute atomic E-state index is 1.17. The zero-order valence-corrected chi connectivity index (χ0v) is 43.4. The Morgan fingerprint density at radius 2 is 0.408 bits per heavy atom. The lowest BCUT2D eigenvalue weighted by Gasteiger charge is -2.09. The Hall–Kier alpha value is -9.23. The van der Waals surface area contributed by atoms with Crippen LogP contribution in [0.25, 0.3) is 144 Å². The van der Waals surface area contributed by atoms with Gasteiger partial charge >= 0.3 is 0 Å². The SMILES string of the molecule is In1c2ccc(-c3ccc(-c4ccc(-c5ccc6c(c5)c5ccccc5n6-c5ccccc5)cc4)cc3)cc2c2cc(-c3ccc(-c4ccc(-c5ccc6c(c5)c5ccccc5n6-c5ccccc5)cc4)cc3)ccc21. The molecule has 0 amide bonds. The van der Waals surface area contributed by atoms with Gasteiger partial charge in [0, 0.05) is 43.7 Å². The third-order valence-corrected chi connectivity index (χ3v) is 16.7. The first-order chi connectivity index (χ1) is 37.6. The summed E-state index contributed by atoms with van der Waals surface area (Å²) < 4.78 is 7.02. The number of para-hydroxylation sites is 4. The summed E-state index contributed by atoms with van der Waals surface area (Å²) in [5.74, 6) is 0. The second-order valence-electron chi connectivity index (χ2n) is 19.9. The summed E-state index contributed by atoms with van der Waals surface area (Å²) in [5, 5.41) is 7.56. The van der Waals surface area contributed by atoms with Gasteiger partial charge in [0.1, 0.15) is 0 Å². The molecule has 4 heteroatoms. The first-order valence-corrected chi connectivity index (χ1v) is 26.9. The van der Waals surface area contributed by atoms with Gasteiger partial charge in [0.2, 0.25) is 0 Å². The average molecular weight is 1080 g/mol. The van der Waals surface area contributed by atoms with Crippen LogP contribution >= 0.6 is 22.9 Å². The lowest BCUT2D eigenvalue weighted by Crippen LogP contribution is -1.92. The number of hydrogen-bond donors (Lipinski definition) is 0. The third kappa shape index (κ3) is 7.39. The van der Waals surface area contributed by atoms with Crippen molar-refractivity contribution in [2.24, 2.45) is 0 Å². The van der Waals surface area contributed by atoms with Crippen LogP contribution in [0.4, 0.5) is 0 Å². The van der Waals surface area contributed by atoms with Crippen LogP contribution in [0.5, 0.6) is 0 Å². The summed E-state index contributed by atoms with van der Waals surface area (Å²) in [4.78, 5) is 0. The van der Waals surface area contributed by atoms with E-state index in [1.54, 1.807) is 0 Å². The van der Waals surface area contributed by atoms with Crippen LogP contribution in [-0.2, 0) is 0 Å². The highest BCUT2D eigenvalue weighted by Gasteiger charge is 2.17. The Bertz CT molecular complexity index is 4400. The highest BCUT2D eigenvalue weighted by Crippen LogP contribution is 2.40. The van der Waals surface area contributed by atoms with E-state index < -0.39 is 0 Å². The highest BCUT2D eigenvalue weighted by atomic mass is 127. The number of halogens is 1. The Morgan fingerprint density at radius 3 is 0.724 bits per heavy atom. The third-order valence-electron chi connectivity index (χ3n) is 15.6. The Morgan fingerprint density at radius 1 is 0.184 bits per heavy atom. The van der Waals surface area contributed by atoms with Gasteiger partial charge in [-0.05, 0) is 152 Å². The molecule has 0 fully saturated rings. The van der Waals surface area contributed by atoms with E-state index in [-0.39, 0.29) is 0 Å². The van der Waals surface area contributed by atoms with Crippen molar-refractivity contribution in [2.75, 3.05) is 0 Å². The van der Waals surface area contributed by atoms with E-state index in [4.69, 9.17) is 0 Å². The first-order valence-electron chi connectivity index (χ1n) is 25.9. The van der Waals surface area contributed by atoms with Crippen molar-refractivity contribution >= 4 is 88.3 Å². The van der Waals surface area contributed by atoms with Crippen LogP contribution in [-0.4, -0.2) is 11.9 Å². The molecule has 0 aliphatic heterocycles. The quantitative estimate of drug-likeness (QED) is 0.135. The Labute approximate surface area is 454 Å². The number of benzene rings is 12. The maximum absolute atomic E-state index is 2.45. The van der Waals surface area contributed by atoms with Gasteiger partial charge in [-0.1, -0.05) is 194 Å². The standard InChI is InChI=1S/C72H46IN3/c73-76-71-41-37-57(53-31-23-49(24-32-53)47-19-27-51(28-20-47)55-35-39-69-63(43-55)61-15-7-9-17-67(61)74(69)59-11-3-1-4-12-59)45-65(71)66-46-58(38-42-72(66)76)54-33-25-50(26-34-54)48-21-29-52(30-22-48)56-36-40-70-64(44-56)62-16-8-10-18-68(62)75(70)60-13-5-2-6-14-60/h1-46H. The van der Waals surface area contributed by atoms with E-state index in [0.29, 0.717) is 0 Å². The summed E-state index contributed by atoms with van der Waals surface area (Å²) >= 11 is 2.45. The number of rotatable bonds is 8. The van der Waals surface area contributed by atoms with Crippen LogP contribution < -0.4 is 0 Å². The van der Waals surface area contributed by atoms with Gasteiger partial charge in [-0.3, -0.25) is 2.78 Å². The van der Waals surface area contributed by atoms with Crippen LogP contribution in [0.3, 0.4) is 0 Å². The molecule has 12 aromatic carbocycles. The molecule has 3 aromatic heterocycles. The second-order valence-corrected chi connectivity index (χ2v) is 20.9. The maximum Gasteiger partial charge on any atom is 0.0646 e. The van der Waals surface area contributed by atoms with E-state index in [2.05, 4.69) is 314 Å². The van der Waals surface area contributed by atoms with Crippen LogP contribution in [0.15, 0.2) is 279 Å². The van der Waals surface area contributed by atoms with Crippen molar-refractivity contribution in [1.82, 2.24) is 11.9 Å². The molecule has 0 aliphatic carbocycles. The fraction of sp³-hybridized carbons (Fsp3) is 0. The van der Waals surface area contributed by atoms with Crippen molar-refractivity contribution in [1.29, 1.82) is 0 Å². The van der Waals surface area contributed by atoms with Crippen LogP contribution in [0.2, 0.25) is 0 Å². The summed E-state index contributed by atoms with van der Waals surface area (Å²) in [7, 11) is 0. The molecule has 3 heterocycles. The molecule has 0 bridgehead atoms. The molecule has 0 aliphatic rings. The van der Waals surface area contributed by atoms with Gasteiger partial charge in [0.15, 0.2) is 0 Å². The highest BCUT2D eigenvalue weighted by molar-refractivity contribution is 14.1. The number of hydrogen-bond acceptors (Lipinski definition) is 0. The average Bonchev–Trinajstić information content (AvgIpc) is 4.18. The molecule has 76 heavy (non-hydrogen) atoms. The molecular formula is C72H46IN3. The summed E-state index contributed by atoms with van der Waals surface area (Å²) in [6, 6.07) is 102. The van der Waals surface area contributed by atoms with Gasteiger partial charge in [0.25, 0.3) is 0 Å². The molecule has 3 nitrogen and oxygen atoms in total. The lowest BCUT2D eigenvalue weighted by molar-refractivity contribution is 1.18. The number of nitrogens with zero attached hydrogens (tertiary/aromatic N) is 3. The van der Waals surface area contributed by atoms with E-state index in [1.165, 1.54) is 144 Å². The first kappa shape index (κ1) is 44.3. The second kappa shape index (κ2) is 18.0. The largest absolute Gasteiger partial charge is 0.309 e. The summed E-state index contributed by atoms with van der Waals surface area (Å²) in [6.07, 6.45) is 0. The molecule has 15 rings (SSSR count). The summed E-state index contributed by atoms with van der Waals surface area (Å²) in [5.41, 5.74) is 24.1. The molecule has 356 valence electrons. The number of aromatic nitrogens is 3.